The second-order valence-electron chi connectivity index (χ2n) is 4.71. The third kappa shape index (κ3) is 2.29. The maximum Gasteiger partial charge on any atom is 0.510 e. The van der Waals surface area contributed by atoms with Crippen LogP contribution < -0.4 is 0 Å². The summed E-state index contributed by atoms with van der Waals surface area (Å²) < 4.78 is 11.6. The first-order chi connectivity index (χ1) is 6.84. The highest BCUT2D eigenvalue weighted by Gasteiger charge is 2.52. The van der Waals surface area contributed by atoms with Crippen molar-refractivity contribution in [3.05, 3.63) is 0 Å². The molecule has 0 atom stereocenters. The van der Waals surface area contributed by atoms with Crippen molar-refractivity contribution in [2.24, 2.45) is 4.99 Å². The topological polar surface area (TPSA) is 54.7 Å². The van der Waals surface area contributed by atoms with Gasteiger partial charge in [0.2, 0.25) is 0 Å². The summed E-state index contributed by atoms with van der Waals surface area (Å²) in [6.45, 7) is 8.02. The summed E-state index contributed by atoms with van der Waals surface area (Å²) in [4.78, 5) is 4.11. The molecule has 1 fully saturated rings. The predicted molar refractivity (Wildman–Crippen MR) is 62.8 cm³/mol. The summed E-state index contributed by atoms with van der Waals surface area (Å²) in [5, 5.41) is 7.08. The van der Waals surface area contributed by atoms with Crippen molar-refractivity contribution in [1.29, 1.82) is 5.41 Å². The highest BCUT2D eigenvalue weighted by Crippen LogP contribution is 2.37. The Labute approximate surface area is 91.7 Å². The van der Waals surface area contributed by atoms with Crippen molar-refractivity contribution in [3.8, 4) is 0 Å². The van der Waals surface area contributed by atoms with Crippen LogP contribution in [0.4, 0.5) is 0 Å². The first-order valence-corrected chi connectivity index (χ1v) is 5.14. The number of nitrogens with zero attached hydrogens (tertiary/aromatic N) is 1. The zero-order chi connectivity index (χ0) is 11.7. The highest BCUT2D eigenvalue weighted by molar-refractivity contribution is 6.83. The molecule has 0 aliphatic carbocycles. The normalized spacial score (nSPS) is 24.3. The summed E-state index contributed by atoms with van der Waals surface area (Å²) in [6, 6.07) is 0. The third-order valence-electron chi connectivity index (χ3n) is 3.12. The molecule has 0 spiro atoms. The summed E-state index contributed by atoms with van der Waals surface area (Å²) >= 11 is 0. The Morgan fingerprint density at radius 3 is 2.07 bits per heavy atom. The molecule has 5 heteroatoms. The van der Waals surface area contributed by atoms with Crippen LogP contribution in [-0.2, 0) is 9.31 Å². The molecule has 0 aromatic carbocycles. The molecule has 1 N–H and O–H groups in total. The van der Waals surface area contributed by atoms with Crippen LogP contribution in [0, 0.1) is 5.41 Å². The molecule has 1 aliphatic heterocycles. The fourth-order valence-electron chi connectivity index (χ4n) is 1.38. The second-order valence-corrected chi connectivity index (χ2v) is 4.71. The number of rotatable bonds is 3. The lowest BCUT2D eigenvalue weighted by Crippen LogP contribution is -2.41. The maximum absolute atomic E-state index is 7.08. The maximum atomic E-state index is 7.08. The summed E-state index contributed by atoms with van der Waals surface area (Å²) in [5.41, 5.74) is 0.0919. The molecule has 0 radical (unpaired) electrons. The van der Waals surface area contributed by atoms with Crippen molar-refractivity contribution in [1.82, 2.24) is 0 Å². The first kappa shape index (κ1) is 12.4. The Morgan fingerprint density at radius 1 is 1.27 bits per heavy atom. The van der Waals surface area contributed by atoms with Gasteiger partial charge in [-0.2, -0.15) is 0 Å². The van der Waals surface area contributed by atoms with E-state index in [1.54, 1.807) is 7.05 Å². The number of hydrogen-bond donors (Lipinski definition) is 1. The molecule has 1 heterocycles. The van der Waals surface area contributed by atoms with Gasteiger partial charge in [-0.1, -0.05) is 0 Å². The highest BCUT2D eigenvalue weighted by atomic mass is 16.7. The van der Waals surface area contributed by atoms with Gasteiger partial charge in [-0.25, -0.2) is 0 Å². The fourth-order valence-corrected chi connectivity index (χ4v) is 1.38. The lowest BCUT2D eigenvalue weighted by molar-refractivity contribution is 0.00578. The van der Waals surface area contributed by atoms with Crippen LogP contribution in [0.1, 0.15) is 34.1 Å². The molecule has 1 aliphatic rings. The summed E-state index contributed by atoms with van der Waals surface area (Å²) in [6.07, 6.45) is 1.79. The van der Waals surface area contributed by atoms with Crippen molar-refractivity contribution in [2.75, 3.05) is 7.05 Å². The molecule has 0 aromatic rings. The Morgan fingerprint density at radius 2 is 1.73 bits per heavy atom. The average molecular weight is 210 g/mol. The van der Waals surface area contributed by atoms with Crippen LogP contribution >= 0.6 is 0 Å². The van der Waals surface area contributed by atoms with Gasteiger partial charge in [0.25, 0.3) is 0 Å². The van der Waals surface area contributed by atoms with E-state index < -0.39 is 7.12 Å². The van der Waals surface area contributed by atoms with E-state index in [0.717, 1.165) is 5.61 Å². The molecule has 15 heavy (non-hydrogen) atoms. The van der Waals surface area contributed by atoms with Gasteiger partial charge in [-0.05, 0) is 27.7 Å². The van der Waals surface area contributed by atoms with Crippen LogP contribution in [0.3, 0.4) is 0 Å². The van der Waals surface area contributed by atoms with Crippen molar-refractivity contribution in [2.45, 2.75) is 45.3 Å². The zero-order valence-electron chi connectivity index (χ0n) is 10.1. The van der Waals surface area contributed by atoms with Crippen molar-refractivity contribution < 1.29 is 9.31 Å². The van der Waals surface area contributed by atoms with E-state index in [1.165, 1.54) is 6.21 Å². The van der Waals surface area contributed by atoms with E-state index in [9.17, 15) is 0 Å². The van der Waals surface area contributed by atoms with E-state index in [1.807, 2.05) is 27.7 Å². The number of aliphatic imine (C=N–C) groups is 1. The Balaban J connectivity index is 2.82. The van der Waals surface area contributed by atoms with Gasteiger partial charge >= 0.3 is 7.12 Å². The van der Waals surface area contributed by atoms with Crippen LogP contribution in [0.5, 0.6) is 0 Å². The molecule has 0 bridgehead atoms. The zero-order valence-corrected chi connectivity index (χ0v) is 10.1. The average Bonchev–Trinajstić information content (AvgIpc) is 2.32. The van der Waals surface area contributed by atoms with E-state index >= 15 is 0 Å². The molecule has 4 nitrogen and oxygen atoms in total. The van der Waals surface area contributed by atoms with Gasteiger partial charge in [0.15, 0.2) is 0 Å². The molecule has 84 valence electrons. The monoisotopic (exact) mass is 210 g/mol. The van der Waals surface area contributed by atoms with Crippen LogP contribution in [0.2, 0.25) is 0 Å². The fraction of sp³-hybridized carbons (Fsp3) is 0.800. The van der Waals surface area contributed by atoms with E-state index in [0.29, 0.717) is 6.42 Å². The Kier molecular flexibility index (Phi) is 3.36. The molecule has 0 amide bonds. The Hall–Kier alpha value is -0.675. The number of nitrogens with one attached hydrogen (secondary N) is 1. The van der Waals surface area contributed by atoms with Crippen molar-refractivity contribution in [3.63, 3.8) is 0 Å². The lowest BCUT2D eigenvalue weighted by Gasteiger charge is -2.32. The summed E-state index contributed by atoms with van der Waals surface area (Å²) in [7, 11) is 1.28. The van der Waals surface area contributed by atoms with Crippen LogP contribution in [0.25, 0.3) is 0 Å². The van der Waals surface area contributed by atoms with Gasteiger partial charge < -0.3 is 19.7 Å². The minimum absolute atomic E-state index is 0.338. The smallest absolute Gasteiger partial charge is 0.399 e. The first-order valence-electron chi connectivity index (χ1n) is 5.14. The van der Waals surface area contributed by atoms with Gasteiger partial charge in [-0.15, -0.1) is 0 Å². The molecule has 1 saturated heterocycles. The van der Waals surface area contributed by atoms with E-state index in [-0.39, 0.29) is 11.2 Å². The van der Waals surface area contributed by atoms with Gasteiger partial charge in [0.05, 0.1) is 11.2 Å². The number of hydrogen-bond acceptors (Lipinski definition) is 4. The SMILES string of the molecule is CN=C(CC=N)B1OC(C)(C)C(C)(C)O1. The molecular weight excluding hydrogens is 191 g/mol. The van der Waals surface area contributed by atoms with E-state index in [4.69, 9.17) is 14.7 Å². The predicted octanol–water partition coefficient (Wildman–Crippen LogP) is 1.73. The van der Waals surface area contributed by atoms with Gasteiger partial charge in [0.1, 0.15) is 0 Å². The minimum Gasteiger partial charge on any atom is -0.399 e. The molecule has 1 rings (SSSR count). The molecule has 0 saturated carbocycles. The van der Waals surface area contributed by atoms with Gasteiger partial charge in [-0.3, -0.25) is 0 Å². The lowest BCUT2D eigenvalue weighted by atomic mass is 9.80. The van der Waals surface area contributed by atoms with Gasteiger partial charge in [0, 0.05) is 25.3 Å². The third-order valence-corrected chi connectivity index (χ3v) is 3.12. The van der Waals surface area contributed by atoms with Crippen LogP contribution in [-0.4, -0.2) is 37.2 Å². The van der Waals surface area contributed by atoms with E-state index in [2.05, 4.69) is 4.99 Å². The molecule has 0 aromatic heterocycles. The minimum atomic E-state index is -0.415. The Bertz CT molecular complexity index is 271. The second kappa shape index (κ2) is 4.06. The van der Waals surface area contributed by atoms with Crippen molar-refractivity contribution >= 4 is 18.9 Å². The largest absolute Gasteiger partial charge is 0.510 e. The van der Waals surface area contributed by atoms with Crippen LogP contribution in [0.15, 0.2) is 4.99 Å². The molecule has 0 unspecified atom stereocenters. The quantitative estimate of drug-likeness (QED) is 0.569. The molecular formula is C10H19BN2O2. The standard InChI is InChI=1S/C10H19BN2O2/c1-9(2)10(3,4)15-11(14-9)8(13-5)6-7-12/h7,12H,6H2,1-5H3. The summed E-state index contributed by atoms with van der Waals surface area (Å²) in [5.74, 6) is 0.